The van der Waals surface area contributed by atoms with E-state index in [4.69, 9.17) is 15.2 Å². The van der Waals surface area contributed by atoms with Crippen molar-refractivity contribution in [2.45, 2.75) is 19.4 Å². The Labute approximate surface area is 133 Å². The van der Waals surface area contributed by atoms with Gasteiger partial charge in [-0.15, -0.1) is 0 Å². The molecule has 0 saturated carbocycles. The van der Waals surface area contributed by atoms with Gasteiger partial charge in [0.05, 0.1) is 18.7 Å². The average molecular weight is 326 g/mol. The van der Waals surface area contributed by atoms with E-state index in [1.54, 1.807) is 6.92 Å². The molecule has 2 rings (SSSR count). The Hall–Kier alpha value is -2.35. The molecule has 1 heterocycles. The molecule has 0 unspecified atom stereocenters. The van der Waals surface area contributed by atoms with Gasteiger partial charge in [0.1, 0.15) is 30.9 Å². The monoisotopic (exact) mass is 326 g/mol. The number of carbonyl (C=O) groups excluding carboxylic acids is 2. The van der Waals surface area contributed by atoms with Gasteiger partial charge < -0.3 is 24.8 Å². The molecule has 0 aliphatic carbocycles. The van der Waals surface area contributed by atoms with Crippen LogP contribution in [0, 0.1) is 5.82 Å². The Kier molecular flexibility index (Phi) is 5.75. The SMILES string of the molecule is C[C@@H]1CC(=O)N(CCOC(=O)OCCN)c2cc(F)ccc2O1. The minimum Gasteiger partial charge on any atom is -0.488 e. The van der Waals surface area contributed by atoms with Gasteiger partial charge in [0.25, 0.3) is 0 Å². The number of rotatable bonds is 5. The van der Waals surface area contributed by atoms with E-state index in [-0.39, 0.29) is 44.7 Å². The van der Waals surface area contributed by atoms with E-state index >= 15 is 0 Å². The van der Waals surface area contributed by atoms with Crippen LogP contribution in [-0.2, 0) is 14.3 Å². The number of anilines is 1. The molecule has 0 bridgehead atoms. The third-order valence-electron chi connectivity index (χ3n) is 3.18. The Bertz CT molecular complexity index is 581. The molecule has 0 fully saturated rings. The van der Waals surface area contributed by atoms with Crippen molar-refractivity contribution in [3.8, 4) is 5.75 Å². The summed E-state index contributed by atoms with van der Waals surface area (Å²) in [5.41, 5.74) is 5.52. The van der Waals surface area contributed by atoms with Crippen LogP contribution in [0.1, 0.15) is 13.3 Å². The fraction of sp³-hybridized carbons (Fsp3) is 0.467. The van der Waals surface area contributed by atoms with Crippen LogP contribution in [0.15, 0.2) is 18.2 Å². The van der Waals surface area contributed by atoms with E-state index in [0.29, 0.717) is 11.4 Å². The molecule has 23 heavy (non-hydrogen) atoms. The first-order chi connectivity index (χ1) is 11.0. The number of nitrogens with two attached hydrogens (primary N) is 1. The highest BCUT2D eigenvalue weighted by molar-refractivity contribution is 5.95. The van der Waals surface area contributed by atoms with Crippen LogP contribution in [0.25, 0.3) is 0 Å². The van der Waals surface area contributed by atoms with Gasteiger partial charge in [0.2, 0.25) is 5.91 Å². The zero-order valence-electron chi connectivity index (χ0n) is 12.8. The van der Waals surface area contributed by atoms with Gasteiger partial charge in [-0.3, -0.25) is 4.79 Å². The molecule has 2 N–H and O–H groups in total. The lowest BCUT2D eigenvalue weighted by Crippen LogP contribution is -2.35. The summed E-state index contributed by atoms with van der Waals surface area (Å²) in [6, 6.07) is 3.96. The zero-order chi connectivity index (χ0) is 16.8. The van der Waals surface area contributed by atoms with Crippen molar-refractivity contribution in [2.75, 3.05) is 31.2 Å². The van der Waals surface area contributed by atoms with E-state index in [0.717, 1.165) is 0 Å². The smallest absolute Gasteiger partial charge is 0.488 e. The molecular formula is C15H19FN2O5. The third-order valence-corrected chi connectivity index (χ3v) is 3.18. The molecule has 1 aliphatic rings. The lowest BCUT2D eigenvalue weighted by molar-refractivity contribution is -0.119. The minimum absolute atomic E-state index is 0.0564. The van der Waals surface area contributed by atoms with E-state index in [1.807, 2.05) is 0 Å². The summed E-state index contributed by atoms with van der Waals surface area (Å²) in [7, 11) is 0. The first-order valence-electron chi connectivity index (χ1n) is 7.27. The molecular weight excluding hydrogens is 307 g/mol. The van der Waals surface area contributed by atoms with Gasteiger partial charge in [-0.25, -0.2) is 9.18 Å². The molecule has 1 amide bonds. The summed E-state index contributed by atoms with van der Waals surface area (Å²) >= 11 is 0. The minimum atomic E-state index is -0.859. The molecule has 0 saturated heterocycles. The number of nitrogens with zero attached hydrogens (tertiary/aromatic N) is 1. The molecule has 0 spiro atoms. The van der Waals surface area contributed by atoms with Gasteiger partial charge in [0.15, 0.2) is 0 Å². The normalized spacial score (nSPS) is 17.1. The number of hydrogen-bond donors (Lipinski definition) is 1. The van der Waals surface area contributed by atoms with E-state index in [2.05, 4.69) is 4.74 Å². The predicted molar refractivity (Wildman–Crippen MR) is 79.8 cm³/mol. The van der Waals surface area contributed by atoms with E-state index < -0.39 is 12.0 Å². The van der Waals surface area contributed by atoms with Crippen LogP contribution in [-0.4, -0.2) is 44.5 Å². The Morgan fingerprint density at radius 1 is 1.43 bits per heavy atom. The quantitative estimate of drug-likeness (QED) is 0.823. The number of halogens is 1. The highest BCUT2D eigenvalue weighted by Crippen LogP contribution is 2.33. The van der Waals surface area contributed by atoms with Crippen LogP contribution >= 0.6 is 0 Å². The molecule has 7 nitrogen and oxygen atoms in total. The van der Waals surface area contributed by atoms with E-state index in [9.17, 15) is 14.0 Å². The first kappa shape index (κ1) is 17.0. The maximum atomic E-state index is 13.5. The summed E-state index contributed by atoms with van der Waals surface area (Å²) < 4.78 is 28.6. The molecule has 1 aromatic carbocycles. The Balaban J connectivity index is 2.06. The van der Waals surface area contributed by atoms with Gasteiger partial charge in [-0.2, -0.15) is 0 Å². The Morgan fingerprint density at radius 3 is 2.91 bits per heavy atom. The predicted octanol–water partition coefficient (Wildman–Crippen LogP) is 1.44. The number of carbonyl (C=O) groups is 2. The lowest BCUT2D eigenvalue weighted by Gasteiger charge is -2.21. The molecule has 126 valence electrons. The third kappa shape index (κ3) is 4.56. The molecule has 1 aliphatic heterocycles. The van der Waals surface area contributed by atoms with Crippen LogP contribution < -0.4 is 15.4 Å². The summed E-state index contributed by atoms with van der Waals surface area (Å²) in [5, 5.41) is 0. The first-order valence-corrected chi connectivity index (χ1v) is 7.27. The molecule has 1 atom stereocenters. The fourth-order valence-corrected chi connectivity index (χ4v) is 2.20. The van der Waals surface area contributed by atoms with Crippen molar-refractivity contribution in [3.63, 3.8) is 0 Å². The second-order valence-electron chi connectivity index (χ2n) is 5.03. The summed E-state index contributed by atoms with van der Waals surface area (Å²) in [5.74, 6) is -0.306. The molecule has 8 heteroatoms. The van der Waals surface area contributed by atoms with Crippen molar-refractivity contribution < 1.29 is 28.2 Å². The molecule has 1 aromatic rings. The van der Waals surface area contributed by atoms with Crippen molar-refractivity contribution in [3.05, 3.63) is 24.0 Å². The van der Waals surface area contributed by atoms with Crippen LogP contribution in [0.4, 0.5) is 14.9 Å². The Morgan fingerprint density at radius 2 is 2.17 bits per heavy atom. The summed E-state index contributed by atoms with van der Waals surface area (Å²) in [6.07, 6.45) is -1.04. The van der Waals surface area contributed by atoms with Crippen molar-refractivity contribution in [1.29, 1.82) is 0 Å². The number of fused-ring (bicyclic) bond motifs is 1. The van der Waals surface area contributed by atoms with Crippen LogP contribution in [0.2, 0.25) is 0 Å². The zero-order valence-corrected chi connectivity index (χ0v) is 12.8. The van der Waals surface area contributed by atoms with Gasteiger partial charge in [-0.05, 0) is 19.1 Å². The number of ether oxygens (including phenoxy) is 3. The molecule has 0 aromatic heterocycles. The van der Waals surface area contributed by atoms with Crippen molar-refractivity contribution in [1.82, 2.24) is 0 Å². The number of hydrogen-bond acceptors (Lipinski definition) is 6. The van der Waals surface area contributed by atoms with Crippen LogP contribution in [0.5, 0.6) is 5.75 Å². The number of amides is 1. The average Bonchev–Trinajstić information content (AvgIpc) is 2.61. The van der Waals surface area contributed by atoms with Crippen molar-refractivity contribution >= 4 is 17.7 Å². The summed E-state index contributed by atoms with van der Waals surface area (Å²) in [6.45, 7) is 2.00. The van der Waals surface area contributed by atoms with Gasteiger partial charge in [-0.1, -0.05) is 0 Å². The lowest BCUT2D eigenvalue weighted by atomic mass is 10.2. The second kappa shape index (κ2) is 7.77. The van der Waals surface area contributed by atoms with E-state index in [1.165, 1.54) is 23.1 Å². The fourth-order valence-electron chi connectivity index (χ4n) is 2.20. The van der Waals surface area contributed by atoms with Crippen LogP contribution in [0.3, 0.4) is 0 Å². The highest BCUT2D eigenvalue weighted by atomic mass is 19.1. The summed E-state index contributed by atoms with van der Waals surface area (Å²) in [4.78, 5) is 24.9. The van der Waals surface area contributed by atoms with Gasteiger partial charge >= 0.3 is 6.16 Å². The topological polar surface area (TPSA) is 91.1 Å². The number of benzene rings is 1. The largest absolute Gasteiger partial charge is 0.508 e. The standard InChI is InChI=1S/C15H19FN2O5/c1-10-8-14(19)18(5-7-22-15(20)21-6-4-17)12-9-11(16)2-3-13(12)23-10/h2-3,9-10H,4-8,17H2,1H3/t10-/m1/s1. The highest BCUT2D eigenvalue weighted by Gasteiger charge is 2.27. The maximum Gasteiger partial charge on any atom is 0.508 e. The molecule has 0 radical (unpaired) electrons. The van der Waals surface area contributed by atoms with Crippen molar-refractivity contribution in [2.24, 2.45) is 5.73 Å². The maximum absolute atomic E-state index is 13.5. The second-order valence-corrected chi connectivity index (χ2v) is 5.03. The van der Waals surface area contributed by atoms with Gasteiger partial charge in [0, 0.05) is 12.6 Å².